The van der Waals surface area contributed by atoms with Gasteiger partial charge in [0, 0.05) is 10.9 Å². The molecule has 0 saturated carbocycles. The molecule has 1 aliphatic carbocycles. The largest absolute Gasteiger partial charge is 0.323 e. The lowest BCUT2D eigenvalue weighted by molar-refractivity contribution is 0.504. The number of hydrogen-bond acceptors (Lipinski definition) is 3. The highest BCUT2D eigenvalue weighted by Gasteiger charge is 2.20. The molecule has 1 N–H and O–H groups in total. The summed E-state index contributed by atoms with van der Waals surface area (Å²) in [5, 5.41) is 0.904. The zero-order chi connectivity index (χ0) is 14.3. The quantitative estimate of drug-likeness (QED) is 0.661. The molecule has 0 fully saturated rings. The first kappa shape index (κ1) is 14.0. The minimum absolute atomic E-state index is 0.109. The fourth-order valence-electron chi connectivity index (χ4n) is 3.01. The van der Waals surface area contributed by atoms with E-state index in [0.29, 0.717) is 4.77 Å². The maximum absolute atomic E-state index is 12.9. The highest BCUT2D eigenvalue weighted by Crippen LogP contribution is 2.33. The normalized spacial score (nSPS) is 16.9. The van der Waals surface area contributed by atoms with Crippen molar-refractivity contribution < 1.29 is 0 Å². The summed E-state index contributed by atoms with van der Waals surface area (Å²) in [6.07, 6.45) is 6.76. The number of aromatic amines is 1. The molecule has 2 heterocycles. The Hall–Kier alpha value is -0.940. The summed E-state index contributed by atoms with van der Waals surface area (Å²) in [7, 11) is 0. The predicted octanol–water partition coefficient (Wildman–Crippen LogP) is 4.36. The SMILES string of the molecule is CC[C@H](C)n1c(=S)[nH]c2sc3c(c2c1=O)CCCCC3. The molecule has 0 spiro atoms. The van der Waals surface area contributed by atoms with Gasteiger partial charge in [-0.15, -0.1) is 11.3 Å². The fourth-order valence-corrected chi connectivity index (χ4v) is 4.72. The van der Waals surface area contributed by atoms with Crippen molar-refractivity contribution in [3.8, 4) is 0 Å². The van der Waals surface area contributed by atoms with Crippen LogP contribution >= 0.6 is 23.6 Å². The number of aromatic nitrogens is 2. The molecule has 0 unspecified atom stereocenters. The number of rotatable bonds is 2. The second-order valence-corrected chi connectivity index (χ2v) is 7.12. The van der Waals surface area contributed by atoms with Crippen molar-refractivity contribution in [2.45, 2.75) is 58.4 Å². The summed E-state index contributed by atoms with van der Waals surface area (Å²) >= 11 is 7.12. The van der Waals surface area contributed by atoms with Gasteiger partial charge in [0.25, 0.3) is 5.56 Å². The third kappa shape index (κ3) is 2.17. The van der Waals surface area contributed by atoms with Gasteiger partial charge in [-0.25, -0.2) is 0 Å². The molecule has 1 atom stereocenters. The Bertz CT molecular complexity index is 754. The lowest BCUT2D eigenvalue weighted by Gasteiger charge is -2.13. The second kappa shape index (κ2) is 5.45. The molecule has 108 valence electrons. The number of H-pyrrole nitrogens is 1. The highest BCUT2D eigenvalue weighted by atomic mass is 32.1. The Labute approximate surface area is 127 Å². The van der Waals surface area contributed by atoms with Gasteiger partial charge >= 0.3 is 0 Å². The van der Waals surface area contributed by atoms with Crippen molar-refractivity contribution in [2.24, 2.45) is 0 Å². The standard InChI is InChI=1S/C15H20N2OS2/c1-3-9(2)17-14(18)12-10-7-5-4-6-8-11(10)20-13(12)16-15(17)19/h9H,3-8H2,1-2H3,(H,16,19)/t9-/m0/s1. The van der Waals surface area contributed by atoms with Crippen LogP contribution in [0.25, 0.3) is 10.2 Å². The molecule has 20 heavy (non-hydrogen) atoms. The van der Waals surface area contributed by atoms with Crippen LogP contribution in [0.3, 0.4) is 0 Å². The molecule has 2 aromatic rings. The number of thiophene rings is 1. The monoisotopic (exact) mass is 308 g/mol. The Morgan fingerprint density at radius 3 is 2.85 bits per heavy atom. The zero-order valence-corrected chi connectivity index (χ0v) is 13.6. The molecular formula is C15H20N2OS2. The van der Waals surface area contributed by atoms with E-state index < -0.39 is 0 Å². The average molecular weight is 308 g/mol. The molecule has 2 aromatic heterocycles. The summed E-state index contributed by atoms with van der Waals surface area (Å²) in [6.45, 7) is 4.14. The van der Waals surface area contributed by atoms with E-state index in [1.54, 1.807) is 15.9 Å². The van der Waals surface area contributed by atoms with Crippen molar-refractivity contribution in [3.63, 3.8) is 0 Å². The van der Waals surface area contributed by atoms with Crippen molar-refractivity contribution in [3.05, 3.63) is 25.6 Å². The number of nitrogens with zero attached hydrogens (tertiary/aromatic N) is 1. The summed E-state index contributed by atoms with van der Waals surface area (Å²) in [5.41, 5.74) is 1.40. The lowest BCUT2D eigenvalue weighted by Crippen LogP contribution is -2.25. The molecule has 1 aliphatic rings. The highest BCUT2D eigenvalue weighted by molar-refractivity contribution is 7.71. The maximum Gasteiger partial charge on any atom is 0.263 e. The first-order chi connectivity index (χ1) is 9.63. The van der Waals surface area contributed by atoms with Crippen molar-refractivity contribution in [1.29, 1.82) is 0 Å². The lowest BCUT2D eigenvalue weighted by atomic mass is 10.1. The topological polar surface area (TPSA) is 37.8 Å². The van der Waals surface area contributed by atoms with Crippen LogP contribution in [0.15, 0.2) is 4.79 Å². The van der Waals surface area contributed by atoms with E-state index in [0.717, 1.165) is 29.5 Å². The molecule has 0 amide bonds. The summed E-state index contributed by atoms with van der Waals surface area (Å²) in [6, 6.07) is 0.150. The van der Waals surface area contributed by atoms with Gasteiger partial charge < -0.3 is 4.98 Å². The number of hydrogen-bond donors (Lipinski definition) is 1. The first-order valence-corrected chi connectivity index (χ1v) is 8.65. The third-order valence-electron chi connectivity index (χ3n) is 4.32. The zero-order valence-electron chi connectivity index (χ0n) is 12.0. The van der Waals surface area contributed by atoms with Crippen LogP contribution in [-0.2, 0) is 12.8 Å². The Kier molecular flexibility index (Phi) is 3.82. The number of fused-ring (bicyclic) bond motifs is 3. The molecule has 3 rings (SSSR count). The third-order valence-corrected chi connectivity index (χ3v) is 5.83. The average Bonchev–Trinajstić information content (AvgIpc) is 2.60. The van der Waals surface area contributed by atoms with Crippen molar-refractivity contribution in [2.75, 3.05) is 0 Å². The number of aryl methyl sites for hydroxylation is 2. The van der Waals surface area contributed by atoms with Gasteiger partial charge in [-0.05, 0) is 56.8 Å². The van der Waals surface area contributed by atoms with Crippen LogP contribution < -0.4 is 5.56 Å². The van der Waals surface area contributed by atoms with Gasteiger partial charge in [-0.3, -0.25) is 9.36 Å². The van der Waals surface area contributed by atoms with Gasteiger partial charge in [0.05, 0.1) is 5.39 Å². The van der Waals surface area contributed by atoms with Crippen LogP contribution in [0.4, 0.5) is 0 Å². The van der Waals surface area contributed by atoms with Crippen LogP contribution in [0.2, 0.25) is 0 Å². The predicted molar refractivity (Wildman–Crippen MR) is 87.5 cm³/mol. The van der Waals surface area contributed by atoms with Gasteiger partial charge in [0.2, 0.25) is 0 Å². The molecule has 0 saturated heterocycles. The van der Waals surface area contributed by atoms with E-state index >= 15 is 0 Å². The molecular weight excluding hydrogens is 288 g/mol. The number of nitrogens with one attached hydrogen (secondary N) is 1. The smallest absolute Gasteiger partial charge is 0.263 e. The maximum atomic E-state index is 12.9. The van der Waals surface area contributed by atoms with Gasteiger partial charge in [0.1, 0.15) is 4.83 Å². The fraction of sp³-hybridized carbons (Fsp3) is 0.600. The molecule has 0 aliphatic heterocycles. The van der Waals surface area contributed by atoms with Crippen molar-refractivity contribution in [1.82, 2.24) is 9.55 Å². The van der Waals surface area contributed by atoms with E-state index in [4.69, 9.17) is 12.2 Å². The Morgan fingerprint density at radius 2 is 2.10 bits per heavy atom. The van der Waals surface area contributed by atoms with Crippen LogP contribution in [0, 0.1) is 4.77 Å². The van der Waals surface area contributed by atoms with E-state index in [1.807, 2.05) is 0 Å². The molecule has 0 bridgehead atoms. The van der Waals surface area contributed by atoms with Gasteiger partial charge in [-0.1, -0.05) is 13.3 Å². The van der Waals surface area contributed by atoms with E-state index in [-0.39, 0.29) is 11.6 Å². The van der Waals surface area contributed by atoms with Gasteiger partial charge in [-0.2, -0.15) is 0 Å². The van der Waals surface area contributed by atoms with Crippen LogP contribution in [0.1, 0.15) is 56.0 Å². The van der Waals surface area contributed by atoms with Crippen molar-refractivity contribution >= 4 is 33.8 Å². The summed E-state index contributed by atoms with van der Waals surface area (Å²) < 4.78 is 2.32. The summed E-state index contributed by atoms with van der Waals surface area (Å²) in [5.74, 6) is 0. The molecule has 0 aromatic carbocycles. The van der Waals surface area contributed by atoms with Crippen LogP contribution in [-0.4, -0.2) is 9.55 Å². The van der Waals surface area contributed by atoms with E-state index in [2.05, 4.69) is 18.8 Å². The molecule has 0 radical (unpaired) electrons. The molecule has 5 heteroatoms. The minimum Gasteiger partial charge on any atom is -0.323 e. The first-order valence-electron chi connectivity index (χ1n) is 7.42. The minimum atomic E-state index is 0.109. The van der Waals surface area contributed by atoms with E-state index in [1.165, 1.54) is 29.7 Å². The van der Waals surface area contributed by atoms with E-state index in [9.17, 15) is 4.79 Å². The Morgan fingerprint density at radius 1 is 1.35 bits per heavy atom. The summed E-state index contributed by atoms with van der Waals surface area (Å²) in [4.78, 5) is 18.5. The van der Waals surface area contributed by atoms with Crippen LogP contribution in [0.5, 0.6) is 0 Å². The van der Waals surface area contributed by atoms with Gasteiger partial charge in [0.15, 0.2) is 4.77 Å². The second-order valence-electron chi connectivity index (χ2n) is 5.63. The molecule has 3 nitrogen and oxygen atoms in total. The Balaban J connectivity index is 2.33.